The Balaban J connectivity index is 3.03. The highest BCUT2D eigenvalue weighted by Crippen LogP contribution is 1.81. The molecule has 0 aromatic rings. The van der Waals surface area contributed by atoms with E-state index in [0.29, 0.717) is 0 Å². The molecule has 0 N–H and O–H groups in total. The zero-order chi connectivity index (χ0) is 4.99. The fourth-order valence-corrected chi connectivity index (χ4v) is 0.345. The predicted molar refractivity (Wildman–Crippen MR) is 24.8 cm³/mol. The molecule has 0 spiro atoms. The second-order valence-electron chi connectivity index (χ2n) is 0.705. The molecule has 3 nitrogen and oxygen atoms in total. The Bertz CT molecular complexity index is 53.5. The maximum absolute atomic E-state index is 9.89. The van der Waals surface area contributed by atoms with Crippen LogP contribution >= 0.6 is 0 Å². The van der Waals surface area contributed by atoms with Crippen molar-refractivity contribution in [2.24, 2.45) is 9.63 Å². The predicted octanol–water partition coefficient (Wildman–Crippen LogP) is 0.362. The van der Waals surface area contributed by atoms with Crippen LogP contribution in [0.4, 0.5) is 0 Å². The van der Waals surface area contributed by atoms with Gasteiger partial charge in [0.25, 0.3) is 0 Å². The fourth-order valence-electron chi connectivity index (χ4n) is 0.115. The van der Waals surface area contributed by atoms with Gasteiger partial charge in [0.1, 0.15) is 17.6 Å². The van der Waals surface area contributed by atoms with Crippen molar-refractivity contribution in [3.8, 4) is 0 Å². The Morgan fingerprint density at radius 1 is 1.67 bits per heavy atom. The normalized spacial score (nSPS) is 15.8. The molecule has 0 aliphatic heterocycles. The molecule has 0 amide bonds. The maximum Gasteiger partial charge on any atom is 0.125 e. The van der Waals surface area contributed by atoms with Crippen LogP contribution in [0.15, 0.2) is 9.63 Å². The highest BCUT2D eigenvalue weighted by atomic mass is 32.2. The summed E-state index contributed by atoms with van der Waals surface area (Å²) in [6.07, 6.45) is 1.47. The molecule has 0 unspecified atom stereocenters. The number of hydrogen-bond donors (Lipinski definition) is 0. The van der Waals surface area contributed by atoms with E-state index in [1.807, 2.05) is 0 Å². The van der Waals surface area contributed by atoms with Crippen molar-refractivity contribution in [3.05, 3.63) is 0 Å². The van der Waals surface area contributed by atoms with Crippen LogP contribution in [0.2, 0.25) is 0 Å². The van der Waals surface area contributed by atoms with Crippen molar-refractivity contribution in [1.29, 1.82) is 0 Å². The molecule has 0 fully saturated rings. The van der Waals surface area contributed by atoms with Gasteiger partial charge < -0.3 is 4.55 Å². The summed E-state index contributed by atoms with van der Waals surface area (Å²) in [6.45, 7) is 0. The molecule has 4 heteroatoms. The molecular formula is C2H6N2OS. The first-order valence-electron chi connectivity index (χ1n) is 1.40. The molecule has 0 saturated carbocycles. The van der Waals surface area contributed by atoms with E-state index in [9.17, 15) is 4.55 Å². The van der Waals surface area contributed by atoms with E-state index in [2.05, 4.69) is 9.63 Å². The lowest BCUT2D eigenvalue weighted by atomic mass is 11.6. The number of nitrogens with zero attached hydrogens (tertiary/aromatic N) is 2. The van der Waals surface area contributed by atoms with Crippen LogP contribution in [0.1, 0.15) is 0 Å². The first-order chi connectivity index (χ1) is 2.77. The summed E-state index contributed by atoms with van der Waals surface area (Å²) >= 11 is -1.11. The molecule has 1 atom stereocenters. The smallest absolute Gasteiger partial charge is 0.125 e. The largest absolute Gasteiger partial charge is 0.590 e. The second kappa shape index (κ2) is 3.11. The van der Waals surface area contributed by atoms with Gasteiger partial charge in [0, 0.05) is 4.52 Å². The molecule has 0 radical (unpaired) electrons. The zero-order valence-corrected chi connectivity index (χ0v) is 4.53. The Kier molecular flexibility index (Phi) is 3.07. The van der Waals surface area contributed by atoms with E-state index < -0.39 is 11.4 Å². The van der Waals surface area contributed by atoms with Gasteiger partial charge in [-0.3, -0.25) is 0 Å². The van der Waals surface area contributed by atoms with Gasteiger partial charge in [0.2, 0.25) is 0 Å². The summed E-state index contributed by atoms with van der Waals surface area (Å²) in [5, 5.41) is 3.26. The zero-order valence-electron chi connectivity index (χ0n) is 3.71. The van der Waals surface area contributed by atoms with Gasteiger partial charge in [-0.05, 0) is 0 Å². The molecular weight excluding hydrogens is 100 g/mol. The molecule has 0 aliphatic carbocycles. The van der Waals surface area contributed by atoms with Crippen molar-refractivity contribution in [2.45, 2.75) is 0 Å². The van der Waals surface area contributed by atoms with Crippen molar-refractivity contribution in [3.63, 3.8) is 0 Å². The Morgan fingerprint density at radius 2 is 2.17 bits per heavy atom. The third kappa shape index (κ3) is 3.91. The van der Waals surface area contributed by atoms with Gasteiger partial charge in [0.05, 0.1) is 7.05 Å². The third-order valence-corrected chi connectivity index (χ3v) is 0.590. The second-order valence-corrected chi connectivity index (χ2v) is 1.72. The van der Waals surface area contributed by atoms with Gasteiger partial charge in [-0.25, -0.2) is 0 Å². The van der Waals surface area contributed by atoms with E-state index >= 15 is 0 Å². The Hall–Kier alpha value is -0.0900. The molecule has 36 valence electrons. The van der Waals surface area contributed by atoms with Crippen molar-refractivity contribution < 1.29 is 4.55 Å². The van der Waals surface area contributed by atoms with Gasteiger partial charge in [-0.1, -0.05) is 0 Å². The van der Waals surface area contributed by atoms with Gasteiger partial charge in [-0.2, -0.15) is 0 Å². The van der Waals surface area contributed by atoms with Crippen molar-refractivity contribution in [2.75, 3.05) is 13.3 Å². The lowest BCUT2D eigenvalue weighted by Gasteiger charge is -1.86. The van der Waals surface area contributed by atoms with E-state index in [1.54, 1.807) is 0 Å². The summed E-state index contributed by atoms with van der Waals surface area (Å²) in [6, 6.07) is 0. The molecule has 0 aliphatic rings. The van der Waals surface area contributed by atoms with Gasteiger partial charge in [0.15, 0.2) is 0 Å². The van der Waals surface area contributed by atoms with Crippen LogP contribution in [0.5, 0.6) is 0 Å². The highest BCUT2D eigenvalue weighted by Gasteiger charge is 1.82. The van der Waals surface area contributed by atoms with E-state index in [4.69, 9.17) is 0 Å². The lowest BCUT2D eigenvalue weighted by Crippen LogP contribution is -1.85. The fraction of sp³-hybridized carbons (Fsp3) is 1.00. The van der Waals surface area contributed by atoms with E-state index in [1.165, 1.54) is 13.3 Å². The number of rotatable bonds is 1. The van der Waals surface area contributed by atoms with Gasteiger partial charge in [-0.15, -0.1) is 5.11 Å². The Labute approximate surface area is 39.8 Å². The van der Waals surface area contributed by atoms with E-state index in [0.717, 1.165) is 0 Å². The third-order valence-electron chi connectivity index (χ3n) is 0.197. The molecule has 0 saturated heterocycles. The van der Waals surface area contributed by atoms with Crippen LogP contribution in [-0.2, 0) is 11.4 Å². The Morgan fingerprint density at radius 3 is 2.17 bits per heavy atom. The van der Waals surface area contributed by atoms with E-state index in [-0.39, 0.29) is 0 Å². The summed E-state index contributed by atoms with van der Waals surface area (Å²) in [5.41, 5.74) is 0. The summed E-state index contributed by atoms with van der Waals surface area (Å²) in [4.78, 5) is 0. The quantitative estimate of drug-likeness (QED) is 0.351. The average molecular weight is 106 g/mol. The first kappa shape index (κ1) is 5.91. The summed E-state index contributed by atoms with van der Waals surface area (Å²) < 4.78 is 13.1. The van der Waals surface area contributed by atoms with Gasteiger partial charge >= 0.3 is 0 Å². The van der Waals surface area contributed by atoms with Crippen LogP contribution in [-0.4, -0.2) is 17.9 Å². The monoisotopic (exact) mass is 106 g/mol. The number of hydrogen-bond acceptors (Lipinski definition) is 3. The van der Waals surface area contributed by atoms with Crippen molar-refractivity contribution >= 4 is 11.4 Å². The van der Waals surface area contributed by atoms with Crippen LogP contribution in [0.3, 0.4) is 0 Å². The summed E-state index contributed by atoms with van der Waals surface area (Å²) in [7, 11) is 1.49. The average Bonchev–Trinajstić information content (AvgIpc) is 1.35. The van der Waals surface area contributed by atoms with Crippen LogP contribution in [0, 0.1) is 0 Å². The lowest BCUT2D eigenvalue weighted by molar-refractivity contribution is 0.600. The molecule has 0 aromatic carbocycles. The molecule has 0 rings (SSSR count). The molecule has 6 heavy (non-hydrogen) atoms. The van der Waals surface area contributed by atoms with Crippen LogP contribution in [0.25, 0.3) is 0 Å². The molecule has 0 heterocycles. The topological polar surface area (TPSA) is 47.8 Å². The SMILES string of the molecule is C/N=N\[S@+](C)[O-]. The first-order valence-corrected chi connectivity index (χ1v) is 2.92. The minimum absolute atomic E-state index is 1.11. The standard InChI is InChI=1S/C2H6N2OS/c1-3-4-6(2)5/h1-2H3/b4-3-/t6-/m0/s1. The van der Waals surface area contributed by atoms with Crippen molar-refractivity contribution in [1.82, 2.24) is 0 Å². The highest BCUT2D eigenvalue weighted by molar-refractivity contribution is 7.89. The molecule has 0 aromatic heterocycles. The van der Waals surface area contributed by atoms with Crippen LogP contribution < -0.4 is 0 Å². The maximum atomic E-state index is 9.89. The minimum Gasteiger partial charge on any atom is -0.590 e. The summed E-state index contributed by atoms with van der Waals surface area (Å²) in [5.74, 6) is 0. The minimum atomic E-state index is -1.11. The molecule has 0 bridgehead atoms.